The molecule has 5 nitrogen and oxygen atoms in total. The van der Waals surface area contributed by atoms with Gasteiger partial charge >= 0.3 is 0 Å². The zero-order valence-corrected chi connectivity index (χ0v) is 10.7. The van der Waals surface area contributed by atoms with Gasteiger partial charge < -0.3 is 15.2 Å². The van der Waals surface area contributed by atoms with Crippen molar-refractivity contribution >= 4 is 11.5 Å². The minimum absolute atomic E-state index is 0.623. The second-order valence-corrected chi connectivity index (χ2v) is 4.14. The van der Waals surface area contributed by atoms with Crippen LogP contribution in [-0.2, 0) is 6.54 Å². The monoisotopic (exact) mass is 246 g/mol. The first-order valence-corrected chi connectivity index (χ1v) is 6.14. The molecule has 0 atom stereocenters. The van der Waals surface area contributed by atoms with Crippen LogP contribution in [0.5, 0.6) is 0 Å². The molecule has 2 aromatic heterocycles. The van der Waals surface area contributed by atoms with Gasteiger partial charge in [0, 0.05) is 30.6 Å². The molecular formula is C13H18N4O. The number of anilines is 2. The molecule has 2 rings (SSSR count). The topological polar surface area (TPSA) is 63.0 Å². The van der Waals surface area contributed by atoms with E-state index in [2.05, 4.69) is 27.7 Å². The van der Waals surface area contributed by atoms with Gasteiger partial charge in [0.2, 0.25) is 0 Å². The number of nitrogens with zero attached hydrogens (tertiary/aromatic N) is 2. The number of aromatic nitrogens is 2. The van der Waals surface area contributed by atoms with E-state index in [1.54, 1.807) is 6.20 Å². The third kappa shape index (κ3) is 3.48. The maximum atomic E-state index is 5.14. The summed E-state index contributed by atoms with van der Waals surface area (Å²) < 4.78 is 5.14. The Morgan fingerprint density at radius 2 is 2.17 bits per heavy atom. The summed E-state index contributed by atoms with van der Waals surface area (Å²) in [4.78, 5) is 4.25. The van der Waals surface area contributed by atoms with Crippen molar-refractivity contribution in [2.24, 2.45) is 0 Å². The van der Waals surface area contributed by atoms with Gasteiger partial charge in [0.25, 0.3) is 0 Å². The van der Waals surface area contributed by atoms with Crippen LogP contribution in [0.3, 0.4) is 0 Å². The van der Waals surface area contributed by atoms with Gasteiger partial charge in [0.1, 0.15) is 5.82 Å². The molecule has 0 aliphatic carbocycles. The normalized spacial score (nSPS) is 10.3. The molecule has 0 unspecified atom stereocenters. The smallest absolute Gasteiger partial charge is 0.156 e. The molecule has 0 spiro atoms. The maximum absolute atomic E-state index is 5.14. The molecule has 0 fully saturated rings. The number of hydrogen-bond donors (Lipinski definition) is 2. The van der Waals surface area contributed by atoms with Crippen LogP contribution >= 0.6 is 0 Å². The number of rotatable bonds is 6. The summed E-state index contributed by atoms with van der Waals surface area (Å²) in [5.41, 5.74) is 1.91. The van der Waals surface area contributed by atoms with Crippen molar-refractivity contribution in [3.05, 3.63) is 35.9 Å². The summed E-state index contributed by atoms with van der Waals surface area (Å²) in [6.07, 6.45) is 2.86. The zero-order chi connectivity index (χ0) is 12.8. The standard InChI is InChI=1S/C13H18N4O/c1-3-5-14-13-8-11(4-6-15-13)16-9-12-7-10(2)17-18-12/h4,6-8H,3,5,9H2,1-2H3,(H2,14,15,16). The van der Waals surface area contributed by atoms with E-state index in [0.717, 1.165) is 35.9 Å². The van der Waals surface area contributed by atoms with E-state index in [4.69, 9.17) is 4.52 Å². The molecule has 0 aromatic carbocycles. The third-order valence-corrected chi connectivity index (χ3v) is 2.46. The van der Waals surface area contributed by atoms with Crippen molar-refractivity contribution in [2.45, 2.75) is 26.8 Å². The molecule has 0 bridgehead atoms. The van der Waals surface area contributed by atoms with E-state index in [1.165, 1.54) is 0 Å². The number of pyridine rings is 1. The van der Waals surface area contributed by atoms with Crippen molar-refractivity contribution in [1.82, 2.24) is 10.1 Å². The Kier molecular flexibility index (Phi) is 4.17. The Labute approximate surface area is 107 Å². The molecule has 18 heavy (non-hydrogen) atoms. The Morgan fingerprint density at radius 1 is 1.28 bits per heavy atom. The van der Waals surface area contributed by atoms with Gasteiger partial charge in [-0.3, -0.25) is 0 Å². The molecule has 2 heterocycles. The second kappa shape index (κ2) is 6.05. The van der Waals surface area contributed by atoms with Crippen molar-refractivity contribution in [1.29, 1.82) is 0 Å². The number of aryl methyl sites for hydroxylation is 1. The van der Waals surface area contributed by atoms with Gasteiger partial charge in [-0.15, -0.1) is 0 Å². The zero-order valence-electron chi connectivity index (χ0n) is 10.7. The molecule has 2 N–H and O–H groups in total. The lowest BCUT2D eigenvalue weighted by Crippen LogP contribution is -2.03. The first kappa shape index (κ1) is 12.4. The minimum Gasteiger partial charge on any atom is -0.378 e. The largest absolute Gasteiger partial charge is 0.378 e. The van der Waals surface area contributed by atoms with E-state index in [1.807, 2.05) is 25.1 Å². The van der Waals surface area contributed by atoms with Gasteiger partial charge in [0.05, 0.1) is 12.2 Å². The summed E-state index contributed by atoms with van der Waals surface area (Å²) in [6.45, 7) is 5.59. The van der Waals surface area contributed by atoms with Crippen LogP contribution in [0.1, 0.15) is 24.8 Å². The number of nitrogens with one attached hydrogen (secondary N) is 2. The Balaban J connectivity index is 1.92. The van der Waals surface area contributed by atoms with Crippen LogP contribution in [0.4, 0.5) is 11.5 Å². The first-order chi connectivity index (χ1) is 8.78. The predicted octanol–water partition coefficient (Wildman–Crippen LogP) is 2.81. The quantitative estimate of drug-likeness (QED) is 0.820. The Hall–Kier alpha value is -2.04. The highest BCUT2D eigenvalue weighted by atomic mass is 16.5. The van der Waals surface area contributed by atoms with E-state index >= 15 is 0 Å². The highest BCUT2D eigenvalue weighted by Gasteiger charge is 2.01. The second-order valence-electron chi connectivity index (χ2n) is 4.14. The van der Waals surface area contributed by atoms with Crippen molar-refractivity contribution in [2.75, 3.05) is 17.2 Å². The molecule has 5 heteroatoms. The van der Waals surface area contributed by atoms with E-state index in [0.29, 0.717) is 6.54 Å². The lowest BCUT2D eigenvalue weighted by molar-refractivity contribution is 0.384. The summed E-state index contributed by atoms with van der Waals surface area (Å²) in [6, 6.07) is 5.84. The molecule has 0 amide bonds. The lowest BCUT2D eigenvalue weighted by Gasteiger charge is -2.07. The van der Waals surface area contributed by atoms with Gasteiger partial charge in [-0.05, 0) is 19.4 Å². The SMILES string of the molecule is CCCNc1cc(NCc2cc(C)no2)ccn1. The Bertz CT molecular complexity index is 495. The van der Waals surface area contributed by atoms with Crippen LogP contribution in [-0.4, -0.2) is 16.7 Å². The molecule has 0 radical (unpaired) electrons. The molecule has 0 saturated heterocycles. The summed E-state index contributed by atoms with van der Waals surface area (Å²) in [5.74, 6) is 1.71. The van der Waals surface area contributed by atoms with E-state index in [9.17, 15) is 0 Å². The molecule has 2 aromatic rings. The van der Waals surface area contributed by atoms with Crippen LogP contribution in [0.25, 0.3) is 0 Å². The van der Waals surface area contributed by atoms with Crippen LogP contribution in [0.15, 0.2) is 28.9 Å². The average molecular weight is 246 g/mol. The third-order valence-electron chi connectivity index (χ3n) is 2.46. The molecular weight excluding hydrogens is 228 g/mol. The fraction of sp³-hybridized carbons (Fsp3) is 0.385. The molecule has 0 aliphatic heterocycles. The van der Waals surface area contributed by atoms with Gasteiger partial charge in [0.15, 0.2) is 5.76 Å². The molecule has 0 saturated carbocycles. The molecule has 0 aliphatic rings. The summed E-state index contributed by atoms with van der Waals surface area (Å²) in [7, 11) is 0. The van der Waals surface area contributed by atoms with Gasteiger partial charge in [-0.2, -0.15) is 0 Å². The van der Waals surface area contributed by atoms with Gasteiger partial charge in [-0.1, -0.05) is 12.1 Å². The number of hydrogen-bond acceptors (Lipinski definition) is 5. The van der Waals surface area contributed by atoms with E-state index < -0.39 is 0 Å². The van der Waals surface area contributed by atoms with Crippen LogP contribution < -0.4 is 10.6 Å². The fourth-order valence-electron chi connectivity index (χ4n) is 1.58. The van der Waals surface area contributed by atoms with Crippen molar-refractivity contribution in [3.63, 3.8) is 0 Å². The lowest BCUT2D eigenvalue weighted by atomic mass is 10.3. The molecule has 96 valence electrons. The minimum atomic E-state index is 0.623. The summed E-state index contributed by atoms with van der Waals surface area (Å²) in [5, 5.41) is 10.4. The average Bonchev–Trinajstić information content (AvgIpc) is 2.80. The predicted molar refractivity (Wildman–Crippen MR) is 71.6 cm³/mol. The first-order valence-electron chi connectivity index (χ1n) is 6.14. The van der Waals surface area contributed by atoms with E-state index in [-0.39, 0.29) is 0 Å². The summed E-state index contributed by atoms with van der Waals surface area (Å²) >= 11 is 0. The maximum Gasteiger partial charge on any atom is 0.156 e. The highest BCUT2D eigenvalue weighted by molar-refractivity contribution is 5.51. The fourth-order valence-corrected chi connectivity index (χ4v) is 1.58. The highest BCUT2D eigenvalue weighted by Crippen LogP contribution is 2.13. The Morgan fingerprint density at radius 3 is 2.89 bits per heavy atom. The van der Waals surface area contributed by atoms with Gasteiger partial charge in [-0.25, -0.2) is 4.98 Å². The van der Waals surface area contributed by atoms with Crippen LogP contribution in [0, 0.1) is 6.92 Å². The van der Waals surface area contributed by atoms with Crippen molar-refractivity contribution in [3.8, 4) is 0 Å². The van der Waals surface area contributed by atoms with Crippen molar-refractivity contribution < 1.29 is 4.52 Å². The van der Waals surface area contributed by atoms with Crippen LogP contribution in [0.2, 0.25) is 0 Å².